The van der Waals surface area contributed by atoms with E-state index < -0.39 is 0 Å². The maximum Gasteiger partial charge on any atom is 0.126 e. The summed E-state index contributed by atoms with van der Waals surface area (Å²) in [6.07, 6.45) is 7.34. The molecule has 2 fully saturated rings. The van der Waals surface area contributed by atoms with Crippen LogP contribution >= 0.6 is 0 Å². The summed E-state index contributed by atoms with van der Waals surface area (Å²) in [7, 11) is 0. The van der Waals surface area contributed by atoms with Gasteiger partial charge in [0.2, 0.25) is 0 Å². The van der Waals surface area contributed by atoms with Crippen molar-refractivity contribution in [3.63, 3.8) is 0 Å². The van der Waals surface area contributed by atoms with Crippen LogP contribution in [-0.2, 0) is 0 Å². The number of halogens is 1. The van der Waals surface area contributed by atoms with E-state index in [0.717, 1.165) is 12.2 Å². The molecule has 2 N–H and O–H groups in total. The smallest absolute Gasteiger partial charge is 0.126 e. The molecule has 0 heterocycles. The SMILES string of the molecule is Cc1cc(OC2CC(N)C23CCCCC3)ccc1F. The van der Waals surface area contributed by atoms with Gasteiger partial charge in [-0.25, -0.2) is 4.39 Å². The molecule has 0 saturated heterocycles. The highest BCUT2D eigenvalue weighted by Gasteiger charge is 2.54. The number of ether oxygens (including phenoxy) is 1. The van der Waals surface area contributed by atoms with Gasteiger partial charge in [0.05, 0.1) is 0 Å². The van der Waals surface area contributed by atoms with Crippen LogP contribution in [-0.4, -0.2) is 12.1 Å². The summed E-state index contributed by atoms with van der Waals surface area (Å²) in [5.41, 5.74) is 7.07. The van der Waals surface area contributed by atoms with Crippen LogP contribution in [0.15, 0.2) is 18.2 Å². The molecular formula is C16H22FNO. The third-order valence-electron chi connectivity index (χ3n) is 5.04. The first kappa shape index (κ1) is 12.9. The minimum atomic E-state index is -0.176. The molecule has 0 amide bonds. The van der Waals surface area contributed by atoms with Gasteiger partial charge in [0.1, 0.15) is 17.7 Å². The van der Waals surface area contributed by atoms with E-state index in [-0.39, 0.29) is 23.4 Å². The highest BCUT2D eigenvalue weighted by Crippen LogP contribution is 2.52. The van der Waals surface area contributed by atoms with Gasteiger partial charge in [0, 0.05) is 17.9 Å². The average molecular weight is 263 g/mol. The van der Waals surface area contributed by atoms with Crippen LogP contribution in [0.3, 0.4) is 0 Å². The Morgan fingerprint density at radius 2 is 2.00 bits per heavy atom. The number of rotatable bonds is 2. The predicted octanol–water partition coefficient (Wildman–Crippen LogP) is 3.56. The number of benzene rings is 1. The van der Waals surface area contributed by atoms with Gasteiger partial charge in [0.15, 0.2) is 0 Å². The molecule has 19 heavy (non-hydrogen) atoms. The number of hydrogen-bond acceptors (Lipinski definition) is 2. The van der Waals surface area contributed by atoms with Crippen molar-refractivity contribution in [1.82, 2.24) is 0 Å². The molecular weight excluding hydrogens is 241 g/mol. The molecule has 2 aliphatic carbocycles. The lowest BCUT2D eigenvalue weighted by molar-refractivity contribution is -0.0898. The molecule has 0 aliphatic heterocycles. The molecule has 2 unspecified atom stereocenters. The molecule has 1 aromatic carbocycles. The molecule has 1 spiro atoms. The molecule has 2 saturated carbocycles. The lowest BCUT2D eigenvalue weighted by atomic mass is 9.55. The molecule has 0 bridgehead atoms. The lowest BCUT2D eigenvalue weighted by Crippen LogP contribution is -2.64. The molecule has 2 aliphatic rings. The first-order valence-electron chi connectivity index (χ1n) is 7.30. The second kappa shape index (κ2) is 4.78. The van der Waals surface area contributed by atoms with Crippen LogP contribution in [0, 0.1) is 18.2 Å². The standard InChI is InChI=1S/C16H22FNO/c1-11-9-12(5-6-13(11)17)19-15-10-14(18)16(15)7-3-2-4-8-16/h5-6,9,14-15H,2-4,7-8,10,18H2,1H3. The number of aryl methyl sites for hydroxylation is 1. The zero-order valence-electron chi connectivity index (χ0n) is 11.5. The van der Waals surface area contributed by atoms with Crippen molar-refractivity contribution in [2.45, 2.75) is 57.6 Å². The van der Waals surface area contributed by atoms with Gasteiger partial charge in [-0.2, -0.15) is 0 Å². The summed E-state index contributed by atoms with van der Waals surface area (Å²) in [6.45, 7) is 1.77. The largest absolute Gasteiger partial charge is 0.490 e. The molecule has 3 heteroatoms. The van der Waals surface area contributed by atoms with Crippen molar-refractivity contribution in [3.8, 4) is 5.75 Å². The van der Waals surface area contributed by atoms with E-state index in [1.165, 1.54) is 38.2 Å². The minimum Gasteiger partial charge on any atom is -0.490 e. The quantitative estimate of drug-likeness (QED) is 0.885. The van der Waals surface area contributed by atoms with Crippen molar-refractivity contribution < 1.29 is 9.13 Å². The molecule has 104 valence electrons. The Labute approximate surface area is 114 Å². The Balaban J connectivity index is 1.74. The predicted molar refractivity (Wildman–Crippen MR) is 73.7 cm³/mol. The first-order chi connectivity index (χ1) is 9.12. The van der Waals surface area contributed by atoms with Crippen LogP contribution in [0.25, 0.3) is 0 Å². The average Bonchev–Trinajstić information content (AvgIpc) is 2.43. The van der Waals surface area contributed by atoms with E-state index in [0.29, 0.717) is 5.56 Å². The number of nitrogens with two attached hydrogens (primary N) is 1. The van der Waals surface area contributed by atoms with E-state index in [1.54, 1.807) is 19.1 Å². The zero-order valence-corrected chi connectivity index (χ0v) is 11.5. The molecule has 0 radical (unpaired) electrons. The third-order valence-corrected chi connectivity index (χ3v) is 5.04. The van der Waals surface area contributed by atoms with Gasteiger partial charge in [0.25, 0.3) is 0 Å². The normalized spacial score (nSPS) is 29.0. The summed E-state index contributed by atoms with van der Waals surface area (Å²) < 4.78 is 19.4. The zero-order chi connectivity index (χ0) is 13.5. The van der Waals surface area contributed by atoms with E-state index in [2.05, 4.69) is 0 Å². The van der Waals surface area contributed by atoms with Gasteiger partial charge in [-0.15, -0.1) is 0 Å². The molecule has 3 rings (SSSR count). The Morgan fingerprint density at radius 3 is 2.63 bits per heavy atom. The van der Waals surface area contributed by atoms with E-state index in [9.17, 15) is 4.39 Å². The van der Waals surface area contributed by atoms with Crippen molar-refractivity contribution in [2.24, 2.45) is 11.1 Å². The van der Waals surface area contributed by atoms with E-state index in [1.807, 2.05) is 0 Å². The molecule has 2 atom stereocenters. The molecule has 1 aromatic rings. The monoisotopic (exact) mass is 263 g/mol. The second-order valence-corrected chi connectivity index (χ2v) is 6.15. The summed E-state index contributed by atoms with van der Waals surface area (Å²) in [6, 6.07) is 5.27. The summed E-state index contributed by atoms with van der Waals surface area (Å²) in [5.74, 6) is 0.603. The van der Waals surface area contributed by atoms with Crippen molar-refractivity contribution in [1.29, 1.82) is 0 Å². The van der Waals surface area contributed by atoms with Gasteiger partial charge in [-0.05, 0) is 43.5 Å². The van der Waals surface area contributed by atoms with Crippen LogP contribution < -0.4 is 10.5 Å². The van der Waals surface area contributed by atoms with Gasteiger partial charge in [-0.3, -0.25) is 0 Å². The Bertz CT molecular complexity index is 468. The van der Waals surface area contributed by atoms with Crippen LogP contribution in [0.1, 0.15) is 44.1 Å². The Morgan fingerprint density at radius 1 is 1.26 bits per heavy atom. The third kappa shape index (κ3) is 2.14. The lowest BCUT2D eigenvalue weighted by Gasteiger charge is -2.56. The maximum atomic E-state index is 13.3. The fourth-order valence-electron chi connectivity index (χ4n) is 3.70. The second-order valence-electron chi connectivity index (χ2n) is 6.15. The van der Waals surface area contributed by atoms with Gasteiger partial charge < -0.3 is 10.5 Å². The molecule has 0 aromatic heterocycles. The van der Waals surface area contributed by atoms with Crippen molar-refractivity contribution in [2.75, 3.05) is 0 Å². The van der Waals surface area contributed by atoms with Crippen molar-refractivity contribution >= 4 is 0 Å². The van der Waals surface area contributed by atoms with Gasteiger partial charge >= 0.3 is 0 Å². The highest BCUT2D eigenvalue weighted by atomic mass is 19.1. The topological polar surface area (TPSA) is 35.2 Å². The fraction of sp³-hybridized carbons (Fsp3) is 0.625. The van der Waals surface area contributed by atoms with Crippen LogP contribution in [0.5, 0.6) is 5.75 Å². The summed E-state index contributed by atoms with van der Waals surface area (Å²) >= 11 is 0. The highest BCUT2D eigenvalue weighted by molar-refractivity contribution is 5.29. The Kier molecular flexibility index (Phi) is 3.25. The summed E-state index contributed by atoms with van der Waals surface area (Å²) in [5, 5.41) is 0. The van der Waals surface area contributed by atoms with Crippen molar-refractivity contribution in [3.05, 3.63) is 29.6 Å². The maximum absolute atomic E-state index is 13.3. The van der Waals surface area contributed by atoms with E-state index in [4.69, 9.17) is 10.5 Å². The molecule has 2 nitrogen and oxygen atoms in total. The summed E-state index contributed by atoms with van der Waals surface area (Å²) in [4.78, 5) is 0. The number of hydrogen-bond donors (Lipinski definition) is 1. The fourth-order valence-corrected chi connectivity index (χ4v) is 3.70. The van der Waals surface area contributed by atoms with E-state index >= 15 is 0 Å². The van der Waals surface area contributed by atoms with Gasteiger partial charge in [-0.1, -0.05) is 19.3 Å². The first-order valence-corrected chi connectivity index (χ1v) is 7.30. The minimum absolute atomic E-state index is 0.176. The van der Waals surface area contributed by atoms with Crippen LogP contribution in [0.4, 0.5) is 4.39 Å². The van der Waals surface area contributed by atoms with Crippen LogP contribution in [0.2, 0.25) is 0 Å². The Hall–Kier alpha value is -1.09.